The van der Waals surface area contributed by atoms with E-state index < -0.39 is 0 Å². The van der Waals surface area contributed by atoms with Crippen LogP contribution in [0.1, 0.15) is 33.1 Å². The zero-order valence-corrected chi connectivity index (χ0v) is 10.4. The van der Waals surface area contributed by atoms with Crippen LogP contribution in [-0.4, -0.2) is 33.2 Å². The monoisotopic (exact) mass is 243 g/mol. The number of ether oxygens (including phenoxy) is 1. The molecule has 0 fully saturated rings. The fourth-order valence-corrected chi connectivity index (χ4v) is 2.19. The summed E-state index contributed by atoms with van der Waals surface area (Å²) in [6.07, 6.45) is 4.50. The third-order valence-corrected chi connectivity index (χ3v) is 3.18. The summed E-state index contributed by atoms with van der Waals surface area (Å²) >= 11 is 1.40. The van der Waals surface area contributed by atoms with Gasteiger partial charge in [-0.05, 0) is 13.3 Å². The Kier molecular flexibility index (Phi) is 5.92. The highest BCUT2D eigenvalue weighted by atomic mass is 32.2. The maximum Gasteiger partial charge on any atom is 0.319 e. The topological polar surface area (TPSA) is 67.9 Å². The lowest BCUT2D eigenvalue weighted by atomic mass is 10.2. The molecule has 90 valence electrons. The van der Waals surface area contributed by atoms with Gasteiger partial charge in [-0.25, -0.2) is 0 Å². The molecule has 1 aromatic rings. The van der Waals surface area contributed by atoms with Crippen LogP contribution >= 0.6 is 11.8 Å². The standard InChI is InChI=1S/C10H17N3O2S/c1-3-5-6-8(10(14)15-4-2)16-9-7-11-13-12-9/h7-8H,3-6H2,1-2H3,(H,11,12,13). The minimum absolute atomic E-state index is 0.163. The molecule has 0 aliphatic rings. The van der Waals surface area contributed by atoms with E-state index >= 15 is 0 Å². The first kappa shape index (κ1) is 13.0. The number of hydrogen-bond acceptors (Lipinski definition) is 5. The van der Waals surface area contributed by atoms with E-state index in [1.54, 1.807) is 6.20 Å². The molecule has 16 heavy (non-hydrogen) atoms. The Morgan fingerprint density at radius 1 is 1.62 bits per heavy atom. The molecular formula is C10H17N3O2S. The summed E-state index contributed by atoms with van der Waals surface area (Å²) in [7, 11) is 0. The number of hydrogen-bond donors (Lipinski definition) is 1. The molecular weight excluding hydrogens is 226 g/mol. The number of nitrogens with one attached hydrogen (secondary N) is 1. The molecule has 0 spiro atoms. The van der Waals surface area contributed by atoms with Gasteiger partial charge >= 0.3 is 5.97 Å². The van der Waals surface area contributed by atoms with Crippen molar-refractivity contribution in [3.8, 4) is 0 Å². The number of esters is 1. The van der Waals surface area contributed by atoms with E-state index in [0.29, 0.717) is 6.61 Å². The average Bonchev–Trinajstić information content (AvgIpc) is 2.77. The third kappa shape index (κ3) is 4.22. The highest BCUT2D eigenvalue weighted by Gasteiger charge is 2.21. The summed E-state index contributed by atoms with van der Waals surface area (Å²) < 4.78 is 5.03. The van der Waals surface area contributed by atoms with Crippen LogP contribution in [-0.2, 0) is 9.53 Å². The van der Waals surface area contributed by atoms with Gasteiger partial charge in [-0.3, -0.25) is 4.79 Å². The van der Waals surface area contributed by atoms with Gasteiger partial charge in [0, 0.05) is 0 Å². The molecule has 6 heteroatoms. The molecule has 0 saturated carbocycles. The summed E-state index contributed by atoms with van der Waals surface area (Å²) in [6.45, 7) is 4.33. The Morgan fingerprint density at radius 3 is 3.00 bits per heavy atom. The Morgan fingerprint density at radius 2 is 2.44 bits per heavy atom. The van der Waals surface area contributed by atoms with Gasteiger partial charge < -0.3 is 4.74 Å². The van der Waals surface area contributed by atoms with Crippen LogP contribution in [0.25, 0.3) is 0 Å². The zero-order chi connectivity index (χ0) is 11.8. The third-order valence-electron chi connectivity index (χ3n) is 2.03. The van der Waals surface area contributed by atoms with Crippen LogP contribution in [0.5, 0.6) is 0 Å². The predicted molar refractivity (Wildman–Crippen MR) is 62.2 cm³/mol. The van der Waals surface area contributed by atoms with Crippen molar-refractivity contribution in [2.24, 2.45) is 0 Å². The van der Waals surface area contributed by atoms with Crippen molar-refractivity contribution < 1.29 is 9.53 Å². The Balaban J connectivity index is 2.52. The van der Waals surface area contributed by atoms with Crippen molar-refractivity contribution in [3.05, 3.63) is 6.20 Å². The number of aromatic nitrogens is 3. The van der Waals surface area contributed by atoms with E-state index in [-0.39, 0.29) is 11.2 Å². The highest BCUT2D eigenvalue weighted by Crippen LogP contribution is 2.25. The summed E-state index contributed by atoms with van der Waals surface area (Å²) in [4.78, 5) is 11.7. The molecule has 1 aromatic heterocycles. The van der Waals surface area contributed by atoms with Gasteiger partial charge in [-0.1, -0.05) is 31.5 Å². The van der Waals surface area contributed by atoms with E-state index in [0.717, 1.165) is 24.3 Å². The normalized spacial score (nSPS) is 12.4. The van der Waals surface area contributed by atoms with Gasteiger partial charge in [0.25, 0.3) is 0 Å². The molecule has 1 N–H and O–H groups in total. The number of carbonyl (C=O) groups is 1. The lowest BCUT2D eigenvalue weighted by molar-refractivity contribution is -0.142. The quantitative estimate of drug-likeness (QED) is 0.586. The second-order valence-corrected chi connectivity index (χ2v) is 4.53. The number of rotatable bonds is 7. The number of aromatic amines is 1. The summed E-state index contributed by atoms with van der Waals surface area (Å²) in [5.41, 5.74) is 0. The van der Waals surface area contributed by atoms with Crippen molar-refractivity contribution in [1.82, 2.24) is 15.4 Å². The van der Waals surface area contributed by atoms with E-state index in [1.807, 2.05) is 6.92 Å². The lowest BCUT2D eigenvalue weighted by Gasteiger charge is -2.12. The van der Waals surface area contributed by atoms with E-state index in [2.05, 4.69) is 22.3 Å². The van der Waals surface area contributed by atoms with Gasteiger partial charge in [0.15, 0.2) is 0 Å². The molecule has 0 aromatic carbocycles. The molecule has 1 unspecified atom stereocenters. The van der Waals surface area contributed by atoms with Crippen LogP contribution in [0.3, 0.4) is 0 Å². The Hall–Kier alpha value is -1.04. The van der Waals surface area contributed by atoms with Crippen LogP contribution in [0.2, 0.25) is 0 Å². The summed E-state index contributed by atoms with van der Waals surface area (Å²) in [5.74, 6) is -0.163. The van der Waals surface area contributed by atoms with Gasteiger partial charge in [0.2, 0.25) is 0 Å². The molecule has 0 radical (unpaired) electrons. The van der Waals surface area contributed by atoms with Crippen molar-refractivity contribution in [3.63, 3.8) is 0 Å². The maximum absolute atomic E-state index is 11.7. The first-order chi connectivity index (χ1) is 7.77. The van der Waals surface area contributed by atoms with Gasteiger partial charge in [0.05, 0.1) is 12.8 Å². The minimum atomic E-state index is -0.176. The van der Waals surface area contributed by atoms with E-state index in [1.165, 1.54) is 11.8 Å². The van der Waals surface area contributed by atoms with Crippen LogP contribution in [0.15, 0.2) is 11.2 Å². The summed E-state index contributed by atoms with van der Waals surface area (Å²) in [6, 6.07) is 0. The largest absolute Gasteiger partial charge is 0.465 e. The second-order valence-electron chi connectivity index (χ2n) is 3.31. The SMILES string of the molecule is CCCCC(Sc1cn[nH]n1)C(=O)OCC. The summed E-state index contributed by atoms with van der Waals surface area (Å²) in [5, 5.41) is 10.7. The molecule has 1 heterocycles. The number of unbranched alkanes of at least 4 members (excludes halogenated alkanes) is 1. The number of nitrogens with zero attached hydrogens (tertiary/aromatic N) is 2. The lowest BCUT2D eigenvalue weighted by Crippen LogP contribution is -2.20. The van der Waals surface area contributed by atoms with Crippen LogP contribution in [0.4, 0.5) is 0 Å². The molecule has 0 aliphatic carbocycles. The van der Waals surface area contributed by atoms with Crippen LogP contribution in [0, 0.1) is 0 Å². The number of H-pyrrole nitrogens is 1. The molecule has 1 atom stereocenters. The number of thioether (sulfide) groups is 1. The molecule has 0 saturated heterocycles. The first-order valence-corrected chi connectivity index (χ1v) is 6.35. The smallest absolute Gasteiger partial charge is 0.319 e. The molecule has 1 rings (SSSR count). The molecule has 5 nitrogen and oxygen atoms in total. The predicted octanol–water partition coefficient (Wildman–Crippen LogP) is 2.02. The fourth-order valence-electron chi connectivity index (χ4n) is 1.24. The average molecular weight is 243 g/mol. The van der Waals surface area contributed by atoms with Gasteiger partial charge in [-0.2, -0.15) is 10.3 Å². The van der Waals surface area contributed by atoms with Crippen molar-refractivity contribution >= 4 is 17.7 Å². The van der Waals surface area contributed by atoms with Gasteiger partial charge in [0.1, 0.15) is 10.3 Å². The fraction of sp³-hybridized carbons (Fsp3) is 0.700. The molecule has 0 bridgehead atoms. The maximum atomic E-state index is 11.7. The van der Waals surface area contributed by atoms with Crippen molar-refractivity contribution in [2.45, 2.75) is 43.4 Å². The van der Waals surface area contributed by atoms with E-state index in [4.69, 9.17) is 4.74 Å². The molecule has 0 amide bonds. The van der Waals surface area contributed by atoms with Crippen molar-refractivity contribution in [1.29, 1.82) is 0 Å². The van der Waals surface area contributed by atoms with Crippen LogP contribution < -0.4 is 0 Å². The van der Waals surface area contributed by atoms with E-state index in [9.17, 15) is 4.79 Å². The number of carbonyl (C=O) groups excluding carboxylic acids is 1. The first-order valence-electron chi connectivity index (χ1n) is 5.47. The minimum Gasteiger partial charge on any atom is -0.465 e. The zero-order valence-electron chi connectivity index (χ0n) is 9.60. The second kappa shape index (κ2) is 7.27. The molecule has 0 aliphatic heterocycles. The Bertz CT molecular complexity index is 303. The Labute approximate surface area is 99.3 Å². The highest BCUT2D eigenvalue weighted by molar-refractivity contribution is 8.00. The van der Waals surface area contributed by atoms with Crippen molar-refractivity contribution in [2.75, 3.05) is 6.61 Å². The van der Waals surface area contributed by atoms with Gasteiger partial charge in [-0.15, -0.1) is 5.10 Å².